The molecule has 4 rings (SSSR count). The van der Waals surface area contributed by atoms with Crippen LogP contribution in [0.5, 0.6) is 0 Å². The van der Waals surface area contributed by atoms with E-state index in [0.29, 0.717) is 11.5 Å². The summed E-state index contributed by atoms with van der Waals surface area (Å²) < 4.78 is 0. The maximum atomic E-state index is 13.1. The molecule has 0 aliphatic heterocycles. The Morgan fingerprint density at radius 3 is 2.56 bits per heavy atom. The summed E-state index contributed by atoms with van der Waals surface area (Å²) in [6.07, 6.45) is 2.69. The summed E-state index contributed by atoms with van der Waals surface area (Å²) in [7, 11) is 0. The molecule has 2 heterocycles. The number of rotatable bonds is 6. The number of aryl methyl sites for hydroxylation is 2. The number of carbonyl (C=O) groups is 1. The summed E-state index contributed by atoms with van der Waals surface area (Å²) in [5.41, 5.74) is 8.18. The molecule has 0 saturated heterocycles. The molecule has 0 saturated carbocycles. The third-order valence-electron chi connectivity index (χ3n) is 5.47. The summed E-state index contributed by atoms with van der Waals surface area (Å²) in [5, 5.41) is 5.02. The first-order valence-corrected chi connectivity index (χ1v) is 11.7. The van der Waals surface area contributed by atoms with Crippen LogP contribution in [-0.2, 0) is 6.42 Å². The number of hydrazone groups is 1. The monoisotopic (exact) mass is 441 g/mol. The molecule has 2 aromatic heterocycles. The fourth-order valence-corrected chi connectivity index (χ4v) is 4.41. The minimum Gasteiger partial charge on any atom is -0.267 e. The standard InChI is InChI=1S/C27H27N3OS/c1-5-21-11-12-22(32-21)16-28-30-27(31)24-15-26(20-9-7-19(8-10-20)17(2)3)29-25-13-6-18(4)14-23(24)25/h6-17H,5H2,1-4H3,(H,30,31)/b28-16-. The smallest absolute Gasteiger partial charge is 0.267 e. The number of nitrogens with zero attached hydrogens (tertiary/aromatic N) is 2. The van der Waals surface area contributed by atoms with Crippen molar-refractivity contribution in [2.24, 2.45) is 5.10 Å². The highest BCUT2D eigenvalue weighted by molar-refractivity contribution is 7.13. The lowest BCUT2D eigenvalue weighted by Gasteiger charge is -2.11. The molecule has 1 N–H and O–H groups in total. The van der Waals surface area contributed by atoms with Crippen molar-refractivity contribution in [3.05, 3.63) is 87.1 Å². The topological polar surface area (TPSA) is 54.4 Å². The largest absolute Gasteiger partial charge is 0.272 e. The average Bonchev–Trinajstić information content (AvgIpc) is 3.26. The van der Waals surface area contributed by atoms with Gasteiger partial charge in [0.2, 0.25) is 0 Å². The third kappa shape index (κ3) is 4.78. The number of amides is 1. The van der Waals surface area contributed by atoms with Gasteiger partial charge in [0, 0.05) is 20.7 Å². The first kappa shape index (κ1) is 21.9. The van der Waals surface area contributed by atoms with E-state index in [-0.39, 0.29) is 5.91 Å². The summed E-state index contributed by atoms with van der Waals surface area (Å²) in [4.78, 5) is 20.2. The van der Waals surface area contributed by atoms with Crippen molar-refractivity contribution in [2.75, 3.05) is 0 Å². The van der Waals surface area contributed by atoms with Crippen molar-refractivity contribution in [3.63, 3.8) is 0 Å². The Labute approximate surface area is 193 Å². The first-order valence-electron chi connectivity index (χ1n) is 10.9. The van der Waals surface area contributed by atoms with Gasteiger partial charge in [-0.2, -0.15) is 5.10 Å². The second kappa shape index (κ2) is 9.45. The van der Waals surface area contributed by atoms with Gasteiger partial charge in [0.15, 0.2) is 0 Å². The zero-order valence-electron chi connectivity index (χ0n) is 18.8. The lowest BCUT2D eigenvalue weighted by Crippen LogP contribution is -2.18. The molecular formula is C27H27N3OS. The quantitative estimate of drug-likeness (QED) is 0.267. The van der Waals surface area contributed by atoms with Crippen molar-refractivity contribution in [1.82, 2.24) is 10.4 Å². The molecule has 0 bridgehead atoms. The molecule has 1 amide bonds. The Morgan fingerprint density at radius 1 is 1.09 bits per heavy atom. The highest BCUT2D eigenvalue weighted by Crippen LogP contribution is 2.27. The third-order valence-corrected chi connectivity index (χ3v) is 6.63. The Balaban J connectivity index is 1.68. The zero-order valence-corrected chi connectivity index (χ0v) is 19.7. The zero-order chi connectivity index (χ0) is 22.7. The maximum Gasteiger partial charge on any atom is 0.272 e. The van der Waals surface area contributed by atoms with Crippen LogP contribution in [0.2, 0.25) is 0 Å². The van der Waals surface area contributed by atoms with Gasteiger partial charge in [-0.25, -0.2) is 10.4 Å². The van der Waals surface area contributed by atoms with E-state index in [9.17, 15) is 4.79 Å². The molecule has 0 aliphatic rings. The van der Waals surface area contributed by atoms with Crippen LogP contribution in [-0.4, -0.2) is 17.1 Å². The van der Waals surface area contributed by atoms with Gasteiger partial charge >= 0.3 is 0 Å². The van der Waals surface area contributed by atoms with Crippen LogP contribution < -0.4 is 5.43 Å². The Hall–Kier alpha value is -3.31. The van der Waals surface area contributed by atoms with E-state index >= 15 is 0 Å². The molecule has 0 aliphatic carbocycles. The summed E-state index contributed by atoms with van der Waals surface area (Å²) >= 11 is 1.68. The predicted molar refractivity (Wildman–Crippen MR) is 135 cm³/mol. The van der Waals surface area contributed by atoms with E-state index in [1.807, 2.05) is 37.3 Å². The lowest BCUT2D eigenvalue weighted by molar-refractivity contribution is 0.0956. The fraction of sp³-hybridized carbons (Fsp3) is 0.222. The van der Waals surface area contributed by atoms with Crippen LogP contribution in [0.4, 0.5) is 0 Å². The van der Waals surface area contributed by atoms with Crippen LogP contribution in [0.1, 0.15) is 57.9 Å². The van der Waals surface area contributed by atoms with Gasteiger partial charge in [0.1, 0.15) is 0 Å². The van der Waals surface area contributed by atoms with Gasteiger partial charge in [-0.1, -0.05) is 56.7 Å². The van der Waals surface area contributed by atoms with E-state index in [0.717, 1.165) is 39.0 Å². The molecule has 4 nitrogen and oxygen atoms in total. The van der Waals surface area contributed by atoms with Gasteiger partial charge in [-0.15, -0.1) is 11.3 Å². The van der Waals surface area contributed by atoms with Gasteiger partial charge in [-0.05, 0) is 55.2 Å². The van der Waals surface area contributed by atoms with Crippen LogP contribution >= 0.6 is 11.3 Å². The number of hydrogen-bond acceptors (Lipinski definition) is 4. The van der Waals surface area contributed by atoms with Crippen molar-refractivity contribution >= 4 is 34.4 Å². The molecule has 0 fully saturated rings. The van der Waals surface area contributed by atoms with E-state index in [1.165, 1.54) is 10.4 Å². The molecule has 162 valence electrons. The molecule has 5 heteroatoms. The van der Waals surface area contributed by atoms with Crippen molar-refractivity contribution < 1.29 is 4.79 Å². The number of carbonyl (C=O) groups excluding carboxylic acids is 1. The molecule has 0 spiro atoms. The van der Waals surface area contributed by atoms with Gasteiger partial charge < -0.3 is 0 Å². The maximum absolute atomic E-state index is 13.1. The molecule has 0 radical (unpaired) electrons. The number of fused-ring (bicyclic) bond motifs is 1. The second-order valence-corrected chi connectivity index (χ2v) is 9.41. The van der Waals surface area contributed by atoms with Crippen LogP contribution in [0.15, 0.2) is 65.8 Å². The number of aromatic nitrogens is 1. The van der Waals surface area contributed by atoms with E-state index in [1.54, 1.807) is 17.6 Å². The summed E-state index contributed by atoms with van der Waals surface area (Å²) in [6, 6.07) is 20.3. The normalized spacial score (nSPS) is 11.5. The molecule has 0 atom stereocenters. The van der Waals surface area contributed by atoms with Gasteiger partial charge in [0.25, 0.3) is 5.91 Å². The number of nitrogens with one attached hydrogen (secondary N) is 1. The Bertz CT molecular complexity index is 1290. The molecule has 0 unspecified atom stereocenters. The first-order chi connectivity index (χ1) is 15.4. The lowest BCUT2D eigenvalue weighted by atomic mass is 9.99. The number of benzene rings is 2. The number of pyridine rings is 1. The highest BCUT2D eigenvalue weighted by atomic mass is 32.1. The number of hydrogen-bond donors (Lipinski definition) is 1. The highest BCUT2D eigenvalue weighted by Gasteiger charge is 2.14. The summed E-state index contributed by atoms with van der Waals surface area (Å²) in [6.45, 7) is 8.49. The van der Waals surface area contributed by atoms with Crippen molar-refractivity contribution in [3.8, 4) is 11.3 Å². The second-order valence-electron chi connectivity index (χ2n) is 8.21. The van der Waals surface area contributed by atoms with Crippen molar-refractivity contribution in [2.45, 2.75) is 40.0 Å². The molecule has 32 heavy (non-hydrogen) atoms. The van der Waals surface area contributed by atoms with E-state index in [4.69, 9.17) is 4.98 Å². The van der Waals surface area contributed by atoms with Crippen LogP contribution in [0, 0.1) is 6.92 Å². The van der Waals surface area contributed by atoms with Crippen LogP contribution in [0.3, 0.4) is 0 Å². The Morgan fingerprint density at radius 2 is 1.88 bits per heavy atom. The minimum absolute atomic E-state index is 0.244. The molecule has 2 aromatic carbocycles. The minimum atomic E-state index is -0.244. The van der Waals surface area contributed by atoms with Crippen molar-refractivity contribution in [1.29, 1.82) is 0 Å². The Kier molecular flexibility index (Phi) is 6.47. The SMILES string of the molecule is CCc1ccc(/C=N\NC(=O)c2cc(-c3ccc(C(C)C)cc3)nc3ccc(C)cc23)s1. The average molecular weight is 442 g/mol. The fourth-order valence-electron chi connectivity index (χ4n) is 3.58. The molecular weight excluding hydrogens is 414 g/mol. The van der Waals surface area contributed by atoms with Gasteiger partial charge in [0.05, 0.1) is 23.0 Å². The van der Waals surface area contributed by atoms with E-state index < -0.39 is 0 Å². The predicted octanol–water partition coefficient (Wildman–Crippen LogP) is 6.72. The summed E-state index contributed by atoms with van der Waals surface area (Å²) in [5.74, 6) is 0.221. The van der Waals surface area contributed by atoms with Crippen LogP contribution in [0.25, 0.3) is 22.2 Å². The van der Waals surface area contributed by atoms with Gasteiger partial charge in [-0.3, -0.25) is 4.79 Å². The molecule has 4 aromatic rings. The van der Waals surface area contributed by atoms with E-state index in [2.05, 4.69) is 61.6 Å². The number of thiophene rings is 1.